The molecule has 0 spiro atoms. The van der Waals surface area contributed by atoms with Crippen LogP contribution in [0.4, 0.5) is 8.78 Å². The smallest absolute Gasteiger partial charge is 0.207 e. The van der Waals surface area contributed by atoms with Crippen LogP contribution in [0.3, 0.4) is 0 Å². The Balaban J connectivity index is 2.30. The molecule has 0 saturated heterocycles. The topological polar surface area (TPSA) is 37.4 Å². The van der Waals surface area contributed by atoms with Crippen molar-refractivity contribution in [2.45, 2.75) is 11.4 Å². The van der Waals surface area contributed by atoms with E-state index in [1.54, 1.807) is 6.07 Å². The fraction of sp³-hybridized carbons (Fsp3) is 0.143. The van der Waals surface area contributed by atoms with Crippen LogP contribution in [0.2, 0.25) is 0 Å². The van der Waals surface area contributed by atoms with Gasteiger partial charge < -0.3 is 0 Å². The second-order valence-corrected chi connectivity index (χ2v) is 7.33. The fourth-order valence-electron chi connectivity index (χ4n) is 1.77. The molecule has 2 aromatic carbocycles. The lowest BCUT2D eigenvalue weighted by molar-refractivity contribution is 0.455. The Morgan fingerprint density at radius 2 is 1.76 bits per heavy atom. The van der Waals surface area contributed by atoms with Gasteiger partial charge in [0, 0.05) is 19.2 Å². The molecule has 7 heteroatoms. The molecule has 0 unspecified atom stereocenters. The summed E-state index contributed by atoms with van der Waals surface area (Å²) in [6, 6.07) is 9.45. The zero-order chi connectivity index (χ0) is 15.6. The molecule has 0 fully saturated rings. The number of hydrogen-bond acceptors (Lipinski definition) is 2. The van der Waals surface area contributed by atoms with Crippen molar-refractivity contribution in [3.05, 3.63) is 64.1 Å². The number of benzene rings is 2. The predicted octanol–water partition coefficient (Wildman–Crippen LogP) is 3.55. The largest absolute Gasteiger partial charge is 0.243 e. The average molecular weight is 376 g/mol. The summed E-state index contributed by atoms with van der Waals surface area (Å²) in [6.45, 7) is -0.132. The molecule has 0 aromatic heterocycles. The summed E-state index contributed by atoms with van der Waals surface area (Å²) >= 11 is 2.96. The van der Waals surface area contributed by atoms with Gasteiger partial charge >= 0.3 is 0 Å². The second kappa shape index (κ2) is 6.21. The van der Waals surface area contributed by atoms with E-state index >= 15 is 0 Å². The first-order chi connectivity index (χ1) is 9.82. The van der Waals surface area contributed by atoms with Crippen molar-refractivity contribution in [2.75, 3.05) is 7.05 Å². The van der Waals surface area contributed by atoms with Crippen molar-refractivity contribution in [2.24, 2.45) is 0 Å². The number of nitrogens with zero attached hydrogens (tertiary/aromatic N) is 1. The monoisotopic (exact) mass is 375 g/mol. The minimum Gasteiger partial charge on any atom is -0.207 e. The highest BCUT2D eigenvalue weighted by atomic mass is 79.9. The molecule has 112 valence electrons. The van der Waals surface area contributed by atoms with Crippen LogP contribution in [-0.2, 0) is 16.6 Å². The highest BCUT2D eigenvalue weighted by Gasteiger charge is 2.22. The van der Waals surface area contributed by atoms with Gasteiger partial charge in [-0.2, -0.15) is 4.31 Å². The SMILES string of the molecule is CN(Cc1ccccc1F)S(=O)(=O)c1ccc(Br)c(F)c1. The molecular formula is C14H12BrF2NO2S. The summed E-state index contributed by atoms with van der Waals surface area (Å²) in [6.07, 6.45) is 0. The molecular weight excluding hydrogens is 364 g/mol. The summed E-state index contributed by atoms with van der Waals surface area (Å²) in [5.74, 6) is -1.16. The molecule has 0 saturated carbocycles. The molecule has 0 heterocycles. The number of halogens is 3. The number of rotatable bonds is 4. The Hall–Kier alpha value is -1.31. The molecule has 0 aliphatic carbocycles. The molecule has 0 aliphatic rings. The van der Waals surface area contributed by atoms with Crippen LogP contribution < -0.4 is 0 Å². The van der Waals surface area contributed by atoms with Crippen LogP contribution in [0.1, 0.15) is 5.56 Å². The Kier molecular flexibility index (Phi) is 4.75. The maximum Gasteiger partial charge on any atom is 0.243 e. The van der Waals surface area contributed by atoms with Crippen LogP contribution in [0.15, 0.2) is 51.8 Å². The van der Waals surface area contributed by atoms with Crippen molar-refractivity contribution < 1.29 is 17.2 Å². The molecule has 0 bridgehead atoms. The maximum atomic E-state index is 13.6. The van der Waals surface area contributed by atoms with Crippen molar-refractivity contribution in [1.82, 2.24) is 4.31 Å². The van der Waals surface area contributed by atoms with E-state index in [0.29, 0.717) is 0 Å². The van der Waals surface area contributed by atoms with Crippen LogP contribution in [0.5, 0.6) is 0 Å². The average Bonchev–Trinajstić information content (AvgIpc) is 2.44. The molecule has 0 aliphatic heterocycles. The first-order valence-electron chi connectivity index (χ1n) is 5.97. The zero-order valence-corrected chi connectivity index (χ0v) is 13.5. The molecule has 21 heavy (non-hydrogen) atoms. The van der Waals surface area contributed by atoms with Gasteiger partial charge in [-0.3, -0.25) is 0 Å². The summed E-state index contributed by atoms with van der Waals surface area (Å²) in [5.41, 5.74) is 0.251. The van der Waals surface area contributed by atoms with E-state index in [2.05, 4.69) is 15.9 Å². The third-order valence-corrected chi connectivity index (χ3v) is 5.39. The van der Waals surface area contributed by atoms with Gasteiger partial charge in [-0.15, -0.1) is 0 Å². The Labute approximate surface area is 130 Å². The summed E-state index contributed by atoms with van der Waals surface area (Å²) in [5, 5.41) is 0. The van der Waals surface area contributed by atoms with Crippen LogP contribution >= 0.6 is 15.9 Å². The molecule has 0 N–H and O–H groups in total. The second-order valence-electron chi connectivity index (χ2n) is 4.43. The van der Waals surface area contributed by atoms with E-state index < -0.39 is 21.7 Å². The molecule has 2 rings (SSSR count). The van der Waals surface area contributed by atoms with Crippen molar-refractivity contribution in [1.29, 1.82) is 0 Å². The first kappa shape index (κ1) is 16.1. The maximum absolute atomic E-state index is 13.6. The lowest BCUT2D eigenvalue weighted by Gasteiger charge is -2.17. The molecule has 2 aromatic rings. The summed E-state index contributed by atoms with van der Waals surface area (Å²) in [7, 11) is -2.57. The van der Waals surface area contributed by atoms with E-state index in [4.69, 9.17) is 0 Å². The van der Waals surface area contributed by atoms with E-state index in [9.17, 15) is 17.2 Å². The van der Waals surface area contributed by atoms with Gasteiger partial charge in [-0.05, 0) is 40.2 Å². The van der Waals surface area contributed by atoms with Gasteiger partial charge in [0.05, 0.1) is 9.37 Å². The van der Waals surface area contributed by atoms with Gasteiger partial charge in [0.1, 0.15) is 11.6 Å². The van der Waals surface area contributed by atoms with E-state index in [0.717, 1.165) is 10.4 Å². The zero-order valence-electron chi connectivity index (χ0n) is 11.1. The lowest BCUT2D eigenvalue weighted by Crippen LogP contribution is -2.27. The predicted molar refractivity (Wildman–Crippen MR) is 79.2 cm³/mol. The van der Waals surface area contributed by atoms with Gasteiger partial charge in [0.15, 0.2) is 0 Å². The van der Waals surface area contributed by atoms with Gasteiger partial charge in [-0.1, -0.05) is 18.2 Å². The van der Waals surface area contributed by atoms with Crippen molar-refractivity contribution in [3.8, 4) is 0 Å². The van der Waals surface area contributed by atoms with E-state index in [-0.39, 0.29) is 21.5 Å². The number of sulfonamides is 1. The normalized spacial score (nSPS) is 11.9. The lowest BCUT2D eigenvalue weighted by atomic mass is 10.2. The third kappa shape index (κ3) is 3.48. The molecule has 0 atom stereocenters. The highest BCUT2D eigenvalue weighted by molar-refractivity contribution is 9.10. The van der Waals surface area contributed by atoms with Crippen LogP contribution in [0.25, 0.3) is 0 Å². The van der Waals surface area contributed by atoms with Gasteiger partial charge in [0.2, 0.25) is 10.0 Å². The van der Waals surface area contributed by atoms with Crippen LogP contribution in [0, 0.1) is 11.6 Å². The van der Waals surface area contributed by atoms with Crippen molar-refractivity contribution in [3.63, 3.8) is 0 Å². The minimum atomic E-state index is -3.89. The fourth-order valence-corrected chi connectivity index (χ4v) is 3.18. The Morgan fingerprint density at radius 3 is 2.38 bits per heavy atom. The quantitative estimate of drug-likeness (QED) is 0.819. The van der Waals surface area contributed by atoms with Crippen LogP contribution in [-0.4, -0.2) is 19.8 Å². The van der Waals surface area contributed by atoms with Gasteiger partial charge in [-0.25, -0.2) is 17.2 Å². The molecule has 0 radical (unpaired) electrons. The Morgan fingerprint density at radius 1 is 1.10 bits per heavy atom. The number of hydrogen-bond donors (Lipinski definition) is 0. The standard InChI is InChI=1S/C14H12BrF2NO2S/c1-18(9-10-4-2-3-5-13(10)16)21(19,20)11-6-7-12(15)14(17)8-11/h2-8H,9H2,1H3. The van der Waals surface area contributed by atoms with E-state index in [1.807, 2.05) is 0 Å². The minimum absolute atomic E-state index is 0.132. The van der Waals surface area contributed by atoms with Crippen molar-refractivity contribution >= 4 is 26.0 Å². The van der Waals surface area contributed by atoms with E-state index in [1.165, 1.54) is 37.4 Å². The van der Waals surface area contributed by atoms with Gasteiger partial charge in [0.25, 0.3) is 0 Å². The Bertz CT molecular complexity index is 765. The highest BCUT2D eigenvalue weighted by Crippen LogP contribution is 2.22. The third-order valence-electron chi connectivity index (χ3n) is 2.95. The summed E-state index contributed by atoms with van der Waals surface area (Å²) < 4.78 is 52.9. The molecule has 0 amide bonds. The molecule has 3 nitrogen and oxygen atoms in total. The first-order valence-corrected chi connectivity index (χ1v) is 8.20. The summed E-state index contributed by atoms with van der Waals surface area (Å²) in [4.78, 5) is -0.179.